The molecule has 4 rings (SSSR count). The molecule has 1 unspecified atom stereocenters. The second-order valence-corrected chi connectivity index (χ2v) is 7.81. The number of ether oxygens (including phenoxy) is 1. The average Bonchev–Trinajstić information content (AvgIpc) is 3.26. The molecule has 1 aromatic heterocycles. The van der Waals surface area contributed by atoms with Crippen LogP contribution >= 0.6 is 23.8 Å². The first-order valence-corrected chi connectivity index (χ1v) is 10.4. The molecule has 31 heavy (non-hydrogen) atoms. The van der Waals surface area contributed by atoms with Crippen molar-refractivity contribution in [2.45, 2.75) is 13.0 Å². The van der Waals surface area contributed by atoms with E-state index in [2.05, 4.69) is 22.0 Å². The summed E-state index contributed by atoms with van der Waals surface area (Å²) in [6, 6.07) is 14.9. The minimum atomic E-state index is -0.281. The highest BCUT2D eigenvalue weighted by molar-refractivity contribution is 7.80. The Morgan fingerprint density at radius 2 is 2.10 bits per heavy atom. The van der Waals surface area contributed by atoms with Crippen LogP contribution in [-0.4, -0.2) is 33.8 Å². The minimum absolute atomic E-state index is 0.281. The first kappa shape index (κ1) is 21.1. The van der Waals surface area contributed by atoms with E-state index in [0.29, 0.717) is 28.4 Å². The van der Waals surface area contributed by atoms with Gasteiger partial charge in [0.1, 0.15) is 5.75 Å². The van der Waals surface area contributed by atoms with E-state index < -0.39 is 0 Å². The van der Waals surface area contributed by atoms with Crippen molar-refractivity contribution < 1.29 is 9.26 Å². The summed E-state index contributed by atoms with van der Waals surface area (Å²) in [5, 5.41) is 8.80. The molecule has 0 saturated heterocycles. The Morgan fingerprint density at radius 1 is 1.29 bits per heavy atom. The lowest BCUT2D eigenvalue weighted by Gasteiger charge is -2.36. The number of nitrogens with one attached hydrogen (secondary N) is 1. The summed E-state index contributed by atoms with van der Waals surface area (Å²) < 4.78 is 11.1. The quantitative estimate of drug-likeness (QED) is 0.405. The fourth-order valence-electron chi connectivity index (χ4n) is 3.56. The van der Waals surface area contributed by atoms with Crippen molar-refractivity contribution in [1.29, 1.82) is 0 Å². The molecule has 0 bridgehead atoms. The number of thiocarbonyl (C=S) groups is 1. The SMILES string of the molecule is C=CCN1C(=S)NC(c2cccc(OC)c2)C(c2nc(-c3cccc(Cl)c3)no2)=C1C. The van der Waals surface area contributed by atoms with Gasteiger partial charge in [0.25, 0.3) is 5.89 Å². The molecule has 3 aromatic rings. The van der Waals surface area contributed by atoms with Gasteiger partial charge in [-0.25, -0.2) is 0 Å². The first-order chi connectivity index (χ1) is 15.0. The summed E-state index contributed by atoms with van der Waals surface area (Å²) in [7, 11) is 1.64. The van der Waals surface area contributed by atoms with Crippen molar-refractivity contribution in [3.8, 4) is 17.1 Å². The number of benzene rings is 2. The Balaban J connectivity index is 1.83. The number of rotatable bonds is 6. The van der Waals surface area contributed by atoms with Crippen LogP contribution in [0.15, 0.2) is 71.4 Å². The van der Waals surface area contributed by atoms with Crippen molar-refractivity contribution in [1.82, 2.24) is 20.4 Å². The van der Waals surface area contributed by atoms with Gasteiger partial charge < -0.3 is 19.5 Å². The van der Waals surface area contributed by atoms with Gasteiger partial charge in [-0.15, -0.1) is 6.58 Å². The fraction of sp³-hybridized carbons (Fsp3) is 0.174. The number of nitrogens with zero attached hydrogens (tertiary/aromatic N) is 3. The van der Waals surface area contributed by atoms with Crippen LogP contribution in [0.5, 0.6) is 5.75 Å². The predicted molar refractivity (Wildman–Crippen MR) is 126 cm³/mol. The Bertz CT molecular complexity index is 1170. The van der Waals surface area contributed by atoms with Gasteiger partial charge in [-0.1, -0.05) is 47.1 Å². The molecule has 0 aliphatic carbocycles. The monoisotopic (exact) mass is 452 g/mol. The van der Waals surface area contributed by atoms with Gasteiger partial charge in [-0.3, -0.25) is 0 Å². The van der Waals surface area contributed by atoms with Gasteiger partial charge in [-0.05, 0) is 49.0 Å². The number of halogens is 1. The van der Waals surface area contributed by atoms with Gasteiger partial charge >= 0.3 is 0 Å². The topological polar surface area (TPSA) is 63.4 Å². The van der Waals surface area contributed by atoms with E-state index in [0.717, 1.165) is 28.1 Å². The van der Waals surface area contributed by atoms with Crippen LogP contribution in [0.25, 0.3) is 17.0 Å². The molecule has 158 valence electrons. The highest BCUT2D eigenvalue weighted by Crippen LogP contribution is 2.38. The van der Waals surface area contributed by atoms with Crippen molar-refractivity contribution in [3.05, 3.63) is 83.4 Å². The first-order valence-electron chi connectivity index (χ1n) is 9.65. The molecule has 1 atom stereocenters. The molecule has 0 radical (unpaired) electrons. The summed E-state index contributed by atoms with van der Waals surface area (Å²) in [5.74, 6) is 1.62. The van der Waals surface area contributed by atoms with E-state index in [9.17, 15) is 0 Å². The van der Waals surface area contributed by atoms with E-state index in [1.807, 2.05) is 48.2 Å². The van der Waals surface area contributed by atoms with Crippen LogP contribution in [0.1, 0.15) is 24.4 Å². The molecule has 0 amide bonds. The molecular weight excluding hydrogens is 432 g/mol. The molecule has 8 heteroatoms. The molecule has 2 aromatic carbocycles. The zero-order valence-corrected chi connectivity index (χ0v) is 18.7. The second-order valence-electron chi connectivity index (χ2n) is 6.99. The zero-order valence-electron chi connectivity index (χ0n) is 17.1. The number of aromatic nitrogens is 2. The van der Waals surface area contributed by atoms with Crippen LogP contribution < -0.4 is 10.1 Å². The van der Waals surface area contributed by atoms with Gasteiger partial charge in [0, 0.05) is 22.8 Å². The summed E-state index contributed by atoms with van der Waals surface area (Å²) in [5.41, 5.74) is 3.50. The van der Waals surface area contributed by atoms with Gasteiger partial charge in [0.2, 0.25) is 5.82 Å². The smallest absolute Gasteiger partial charge is 0.258 e. The van der Waals surface area contributed by atoms with Crippen LogP contribution in [0.3, 0.4) is 0 Å². The van der Waals surface area contributed by atoms with Crippen molar-refractivity contribution in [3.63, 3.8) is 0 Å². The Morgan fingerprint density at radius 3 is 2.84 bits per heavy atom. The zero-order chi connectivity index (χ0) is 22.0. The summed E-state index contributed by atoms with van der Waals surface area (Å²) in [4.78, 5) is 6.63. The highest BCUT2D eigenvalue weighted by atomic mass is 35.5. The van der Waals surface area contributed by atoms with Crippen LogP contribution in [-0.2, 0) is 0 Å². The van der Waals surface area contributed by atoms with Crippen LogP contribution in [0.2, 0.25) is 5.02 Å². The van der Waals surface area contributed by atoms with Gasteiger partial charge in [0.15, 0.2) is 5.11 Å². The van der Waals surface area contributed by atoms with E-state index in [-0.39, 0.29) is 6.04 Å². The van der Waals surface area contributed by atoms with Gasteiger partial charge in [-0.2, -0.15) is 4.98 Å². The maximum absolute atomic E-state index is 6.13. The van der Waals surface area contributed by atoms with Crippen molar-refractivity contribution in [2.24, 2.45) is 0 Å². The molecule has 0 fully saturated rings. The lowest BCUT2D eigenvalue weighted by Crippen LogP contribution is -2.45. The maximum atomic E-state index is 6.13. The molecule has 0 spiro atoms. The normalized spacial score (nSPS) is 16.3. The highest BCUT2D eigenvalue weighted by Gasteiger charge is 2.33. The van der Waals surface area contributed by atoms with Crippen LogP contribution in [0, 0.1) is 0 Å². The third kappa shape index (κ3) is 4.19. The Hall–Kier alpha value is -3.16. The van der Waals surface area contributed by atoms with E-state index >= 15 is 0 Å². The van der Waals surface area contributed by atoms with Crippen molar-refractivity contribution >= 4 is 34.5 Å². The number of methoxy groups -OCH3 is 1. The molecule has 2 heterocycles. The Kier molecular flexibility index (Phi) is 6.06. The van der Waals surface area contributed by atoms with E-state index in [4.69, 9.17) is 33.1 Å². The Labute approximate surface area is 191 Å². The summed E-state index contributed by atoms with van der Waals surface area (Å²) >= 11 is 11.8. The van der Waals surface area contributed by atoms with Crippen LogP contribution in [0.4, 0.5) is 0 Å². The maximum Gasteiger partial charge on any atom is 0.258 e. The molecule has 6 nitrogen and oxygen atoms in total. The minimum Gasteiger partial charge on any atom is -0.497 e. The largest absolute Gasteiger partial charge is 0.497 e. The van der Waals surface area contributed by atoms with Gasteiger partial charge in [0.05, 0.1) is 18.7 Å². The molecule has 0 saturated carbocycles. The summed E-state index contributed by atoms with van der Waals surface area (Å²) in [6.45, 7) is 6.39. The molecule has 1 aliphatic rings. The third-order valence-corrected chi connectivity index (χ3v) is 5.65. The lowest BCUT2D eigenvalue weighted by molar-refractivity contribution is 0.398. The lowest BCUT2D eigenvalue weighted by atomic mass is 9.94. The van der Waals surface area contributed by atoms with E-state index in [1.54, 1.807) is 25.3 Å². The predicted octanol–water partition coefficient (Wildman–Crippen LogP) is 5.25. The second kappa shape index (κ2) is 8.91. The average molecular weight is 453 g/mol. The van der Waals surface area contributed by atoms with E-state index in [1.165, 1.54) is 0 Å². The molecular formula is C23H21ClN4O2S. The molecule has 1 N–H and O–H groups in total. The third-order valence-electron chi connectivity index (χ3n) is 5.07. The molecule has 1 aliphatic heterocycles. The fourth-order valence-corrected chi connectivity index (χ4v) is 4.08. The number of hydrogen-bond donors (Lipinski definition) is 1. The standard InChI is InChI=1S/C23H21ClN4O2S/c1-4-11-28-14(2)19(20(25-23(28)31)15-7-6-10-18(13-15)29-3)22-26-21(27-30-22)16-8-5-9-17(24)12-16/h4-10,12-13,20H,1,11H2,2-3H3,(H,25,31). The van der Waals surface area contributed by atoms with Crippen molar-refractivity contribution in [2.75, 3.05) is 13.7 Å². The number of allylic oxidation sites excluding steroid dienone is 1. The number of hydrogen-bond acceptors (Lipinski definition) is 5. The summed E-state index contributed by atoms with van der Waals surface area (Å²) in [6.07, 6.45) is 1.80.